The van der Waals surface area contributed by atoms with Crippen molar-refractivity contribution in [3.8, 4) is 5.75 Å². The Morgan fingerprint density at radius 2 is 1.71 bits per heavy atom. The number of hydrogen-bond acceptors (Lipinski definition) is 11. The molecular formula is C30H42O9S2. The molecule has 228 valence electrons. The van der Waals surface area contributed by atoms with Crippen LogP contribution in [0.3, 0.4) is 0 Å². The van der Waals surface area contributed by atoms with Gasteiger partial charge >= 0.3 is 11.9 Å². The van der Waals surface area contributed by atoms with Crippen molar-refractivity contribution < 1.29 is 43.5 Å². The molecule has 3 rings (SSSR count). The standard InChI is InChI=1S/C30H42O9S2/c1-21(22-6-7-24-19-25(35-2)9-8-23(24)18-22)29(33)39-30(34)27(5-3-4-26-10-17-40-41-26)28(20-32)38-16-15-37-14-13-36-12-11-31/h6-9,18-19,21,26-28,31-32H,3-5,10-17,20H2,1-2H3/t21-,26?,27?,28?/m0/s1. The number of hydrogen-bond donors (Lipinski definition) is 2. The zero-order valence-electron chi connectivity index (χ0n) is 23.8. The third-order valence-electron chi connectivity index (χ3n) is 6.99. The normalized spacial score (nSPS) is 17.3. The average Bonchev–Trinajstić information content (AvgIpc) is 3.51. The zero-order chi connectivity index (χ0) is 29.5. The number of carbonyl (C=O) groups excluding carboxylic acids is 2. The second-order valence-corrected chi connectivity index (χ2v) is 12.6. The molecule has 1 aliphatic heterocycles. The maximum Gasteiger partial charge on any atom is 0.320 e. The molecule has 0 saturated carbocycles. The van der Waals surface area contributed by atoms with E-state index < -0.39 is 29.9 Å². The minimum absolute atomic E-state index is 0.0454. The Morgan fingerprint density at radius 3 is 2.41 bits per heavy atom. The first-order chi connectivity index (χ1) is 20.0. The molecule has 0 radical (unpaired) electrons. The van der Waals surface area contributed by atoms with Crippen LogP contribution in [0.4, 0.5) is 0 Å². The van der Waals surface area contributed by atoms with Crippen LogP contribution in [0.5, 0.6) is 5.75 Å². The summed E-state index contributed by atoms with van der Waals surface area (Å²) in [6, 6.07) is 11.4. The van der Waals surface area contributed by atoms with Gasteiger partial charge in [0.05, 0.1) is 71.3 Å². The molecule has 1 fully saturated rings. The lowest BCUT2D eigenvalue weighted by Crippen LogP contribution is -2.37. The lowest BCUT2D eigenvalue weighted by atomic mass is 9.94. The minimum atomic E-state index is -0.818. The van der Waals surface area contributed by atoms with Gasteiger partial charge in [-0.2, -0.15) is 0 Å². The molecule has 4 atom stereocenters. The third-order valence-corrected chi connectivity index (χ3v) is 10.0. The van der Waals surface area contributed by atoms with Gasteiger partial charge in [0.25, 0.3) is 0 Å². The van der Waals surface area contributed by atoms with Gasteiger partial charge in [-0.15, -0.1) is 0 Å². The monoisotopic (exact) mass is 610 g/mol. The molecule has 11 heteroatoms. The minimum Gasteiger partial charge on any atom is -0.497 e. The number of benzene rings is 2. The molecule has 2 aromatic carbocycles. The van der Waals surface area contributed by atoms with E-state index >= 15 is 0 Å². The summed E-state index contributed by atoms with van der Waals surface area (Å²) in [5, 5.41) is 21.3. The van der Waals surface area contributed by atoms with Gasteiger partial charge in [0.2, 0.25) is 0 Å². The van der Waals surface area contributed by atoms with Gasteiger partial charge in [-0.05, 0) is 54.7 Å². The van der Waals surface area contributed by atoms with Crippen LogP contribution < -0.4 is 4.74 Å². The molecule has 2 aromatic rings. The van der Waals surface area contributed by atoms with E-state index in [1.165, 1.54) is 0 Å². The molecule has 0 bridgehead atoms. The van der Waals surface area contributed by atoms with Crippen molar-refractivity contribution in [2.75, 3.05) is 59.1 Å². The first kappa shape index (κ1) is 33.6. The molecule has 3 unspecified atom stereocenters. The Morgan fingerprint density at radius 1 is 0.976 bits per heavy atom. The molecule has 41 heavy (non-hydrogen) atoms. The molecule has 0 aromatic heterocycles. The summed E-state index contributed by atoms with van der Waals surface area (Å²) >= 11 is 0. The fourth-order valence-corrected chi connectivity index (χ4v) is 7.59. The topological polar surface area (TPSA) is 121 Å². The smallest absolute Gasteiger partial charge is 0.320 e. The summed E-state index contributed by atoms with van der Waals surface area (Å²) in [5.41, 5.74) is 0.739. The lowest BCUT2D eigenvalue weighted by molar-refractivity contribution is -0.168. The Kier molecular flexibility index (Phi) is 15.3. The summed E-state index contributed by atoms with van der Waals surface area (Å²) in [4.78, 5) is 26.4. The summed E-state index contributed by atoms with van der Waals surface area (Å²) < 4.78 is 27.1. The van der Waals surface area contributed by atoms with E-state index in [4.69, 9.17) is 28.8 Å². The number of carbonyl (C=O) groups is 2. The van der Waals surface area contributed by atoms with Gasteiger partial charge < -0.3 is 33.9 Å². The second-order valence-electron chi connectivity index (χ2n) is 9.84. The number of aliphatic hydroxyl groups is 2. The first-order valence-corrected chi connectivity index (χ1v) is 16.4. The zero-order valence-corrected chi connectivity index (χ0v) is 25.5. The predicted molar refractivity (Wildman–Crippen MR) is 161 cm³/mol. The van der Waals surface area contributed by atoms with Crippen LogP contribution >= 0.6 is 21.6 Å². The fourth-order valence-electron chi connectivity index (χ4n) is 4.56. The van der Waals surface area contributed by atoms with E-state index in [-0.39, 0.29) is 33.0 Å². The summed E-state index contributed by atoms with van der Waals surface area (Å²) in [7, 11) is 5.36. The Bertz CT molecular complexity index is 1080. The quantitative estimate of drug-likeness (QED) is 0.102. The van der Waals surface area contributed by atoms with Crippen LogP contribution in [0.25, 0.3) is 10.8 Å². The van der Waals surface area contributed by atoms with Crippen LogP contribution in [0, 0.1) is 5.92 Å². The number of fused-ring (bicyclic) bond motifs is 1. The number of esters is 2. The van der Waals surface area contributed by atoms with E-state index in [2.05, 4.69) is 0 Å². The molecule has 9 nitrogen and oxygen atoms in total. The van der Waals surface area contributed by atoms with Crippen molar-refractivity contribution in [2.45, 2.75) is 49.9 Å². The Hall–Kier alpha value is -1.86. The highest BCUT2D eigenvalue weighted by molar-refractivity contribution is 8.77. The van der Waals surface area contributed by atoms with Gasteiger partial charge in [-0.25, -0.2) is 0 Å². The molecule has 0 aliphatic carbocycles. The maximum atomic E-state index is 13.3. The largest absolute Gasteiger partial charge is 0.497 e. The molecule has 0 spiro atoms. The van der Waals surface area contributed by atoms with Crippen molar-refractivity contribution in [1.29, 1.82) is 0 Å². The van der Waals surface area contributed by atoms with Crippen molar-refractivity contribution in [1.82, 2.24) is 0 Å². The number of rotatable bonds is 19. The summed E-state index contributed by atoms with van der Waals surface area (Å²) in [5.74, 6) is -0.890. The van der Waals surface area contributed by atoms with Crippen LogP contribution in [0.15, 0.2) is 36.4 Å². The Balaban J connectivity index is 1.59. The number of methoxy groups -OCH3 is 1. The van der Waals surface area contributed by atoms with Crippen LogP contribution in [0.2, 0.25) is 0 Å². The molecule has 2 N–H and O–H groups in total. The lowest BCUT2D eigenvalue weighted by Gasteiger charge is -2.25. The first-order valence-electron chi connectivity index (χ1n) is 14.1. The van der Waals surface area contributed by atoms with Gasteiger partial charge in [0.15, 0.2) is 0 Å². The highest BCUT2D eigenvalue weighted by Crippen LogP contribution is 2.40. The van der Waals surface area contributed by atoms with Crippen LogP contribution in [0.1, 0.15) is 44.1 Å². The van der Waals surface area contributed by atoms with Gasteiger partial charge in [0.1, 0.15) is 5.75 Å². The highest BCUT2D eigenvalue weighted by atomic mass is 33.1. The molecular weight excluding hydrogens is 568 g/mol. The van der Waals surface area contributed by atoms with Gasteiger partial charge in [0, 0.05) is 11.0 Å². The Labute approximate surface area is 250 Å². The maximum absolute atomic E-state index is 13.3. The van der Waals surface area contributed by atoms with Crippen molar-refractivity contribution in [3.63, 3.8) is 0 Å². The number of ether oxygens (including phenoxy) is 5. The molecule has 0 amide bonds. The van der Waals surface area contributed by atoms with E-state index in [0.717, 1.165) is 47.1 Å². The SMILES string of the molecule is COc1ccc2cc([C@H](C)C(=O)OC(=O)C(CCCC3CCSS3)C(CO)OCCOCCOCCO)ccc2c1. The molecule has 1 saturated heterocycles. The third kappa shape index (κ3) is 11.1. The predicted octanol–water partition coefficient (Wildman–Crippen LogP) is 4.36. The molecule has 1 heterocycles. The van der Waals surface area contributed by atoms with Crippen LogP contribution in [-0.4, -0.2) is 92.6 Å². The van der Waals surface area contributed by atoms with Crippen molar-refractivity contribution in [3.05, 3.63) is 42.0 Å². The van der Waals surface area contributed by atoms with Gasteiger partial charge in [-0.3, -0.25) is 9.59 Å². The van der Waals surface area contributed by atoms with Crippen molar-refractivity contribution in [2.24, 2.45) is 5.92 Å². The highest BCUT2D eigenvalue weighted by Gasteiger charge is 2.33. The summed E-state index contributed by atoms with van der Waals surface area (Å²) in [6.07, 6.45) is 2.47. The van der Waals surface area contributed by atoms with E-state index in [0.29, 0.717) is 24.9 Å². The van der Waals surface area contributed by atoms with E-state index in [1.54, 1.807) is 14.0 Å². The van der Waals surface area contributed by atoms with E-state index in [9.17, 15) is 14.7 Å². The fraction of sp³-hybridized carbons (Fsp3) is 0.600. The summed E-state index contributed by atoms with van der Waals surface area (Å²) in [6.45, 7) is 2.64. The van der Waals surface area contributed by atoms with E-state index in [1.807, 2.05) is 58.0 Å². The number of aliphatic hydroxyl groups excluding tert-OH is 2. The molecule has 1 aliphatic rings. The van der Waals surface area contributed by atoms with Gasteiger partial charge in [-0.1, -0.05) is 52.3 Å². The van der Waals surface area contributed by atoms with Crippen molar-refractivity contribution >= 4 is 44.3 Å². The van der Waals surface area contributed by atoms with Crippen LogP contribution in [-0.2, 0) is 28.5 Å². The average molecular weight is 611 g/mol. The second kappa shape index (κ2) is 18.6.